The predicted molar refractivity (Wildman–Crippen MR) is 82.1 cm³/mol. The number of halogens is 1. The van der Waals surface area contributed by atoms with E-state index in [1.54, 1.807) is 12.1 Å². The Hall–Kier alpha value is -1.62. The number of carbonyl (C=O) groups excluding carboxylic acids is 1. The molecular weight excluding hydrogens is 269 g/mol. The molecule has 2 heterocycles. The van der Waals surface area contributed by atoms with E-state index in [1.807, 2.05) is 0 Å². The van der Waals surface area contributed by atoms with Crippen LogP contribution in [0.5, 0.6) is 0 Å². The number of carbonyl (C=O) groups is 1. The first-order chi connectivity index (χ1) is 10.2. The van der Waals surface area contributed by atoms with Crippen LogP contribution >= 0.6 is 0 Å². The van der Waals surface area contributed by atoms with Crippen molar-refractivity contribution in [3.63, 3.8) is 0 Å². The van der Waals surface area contributed by atoms with Gasteiger partial charge in [-0.3, -0.25) is 4.79 Å². The third-order valence-corrected chi connectivity index (χ3v) is 4.29. The molecule has 0 spiro atoms. The molecule has 0 aromatic heterocycles. The first kappa shape index (κ1) is 14.3. The highest BCUT2D eigenvalue weighted by Gasteiger charge is 2.21. The van der Waals surface area contributed by atoms with Crippen molar-refractivity contribution in [1.29, 1.82) is 0 Å². The summed E-state index contributed by atoms with van der Waals surface area (Å²) in [5.74, 6) is -0.325. The Morgan fingerprint density at radius 1 is 1.24 bits per heavy atom. The molecular formula is C16H22FN3O. The number of nitrogens with one attached hydrogen (secondary N) is 2. The summed E-state index contributed by atoms with van der Waals surface area (Å²) in [5, 5.41) is 6.01. The van der Waals surface area contributed by atoms with E-state index in [2.05, 4.69) is 15.5 Å². The van der Waals surface area contributed by atoms with Gasteiger partial charge in [-0.05, 0) is 50.4 Å². The predicted octanol–water partition coefficient (Wildman–Crippen LogP) is 2.51. The summed E-state index contributed by atoms with van der Waals surface area (Å²) in [7, 11) is 0. The van der Waals surface area contributed by atoms with Crippen LogP contribution in [-0.2, 0) is 4.79 Å². The molecule has 0 saturated carbocycles. The third kappa shape index (κ3) is 3.35. The van der Waals surface area contributed by atoms with Gasteiger partial charge < -0.3 is 15.5 Å². The van der Waals surface area contributed by atoms with Gasteiger partial charge >= 0.3 is 0 Å². The molecule has 2 aliphatic heterocycles. The van der Waals surface area contributed by atoms with Gasteiger partial charge in [-0.15, -0.1) is 0 Å². The van der Waals surface area contributed by atoms with Gasteiger partial charge in [0.05, 0.1) is 11.7 Å². The summed E-state index contributed by atoms with van der Waals surface area (Å²) >= 11 is 0. The van der Waals surface area contributed by atoms with Gasteiger partial charge in [0.25, 0.3) is 0 Å². The maximum atomic E-state index is 14.2. The number of rotatable bonds is 3. The molecule has 1 atom stereocenters. The van der Waals surface area contributed by atoms with Gasteiger partial charge in [-0.25, -0.2) is 4.39 Å². The first-order valence-corrected chi connectivity index (χ1v) is 7.83. The Bertz CT molecular complexity index is 508. The Morgan fingerprint density at radius 2 is 2.05 bits per heavy atom. The molecule has 0 aliphatic carbocycles. The van der Waals surface area contributed by atoms with Gasteiger partial charge in [0.1, 0.15) is 5.82 Å². The van der Waals surface area contributed by atoms with Crippen molar-refractivity contribution in [1.82, 2.24) is 5.32 Å². The van der Waals surface area contributed by atoms with E-state index >= 15 is 0 Å². The van der Waals surface area contributed by atoms with Crippen LogP contribution in [-0.4, -0.2) is 31.6 Å². The maximum absolute atomic E-state index is 14.2. The Morgan fingerprint density at radius 3 is 2.71 bits per heavy atom. The molecule has 114 valence electrons. The minimum Gasteiger partial charge on any atom is -0.369 e. The molecule has 3 rings (SSSR count). The van der Waals surface area contributed by atoms with Gasteiger partial charge in [-0.1, -0.05) is 6.42 Å². The average Bonchev–Trinajstić information content (AvgIpc) is 3.02. The molecule has 2 aliphatic rings. The summed E-state index contributed by atoms with van der Waals surface area (Å²) in [5.41, 5.74) is 1.18. The van der Waals surface area contributed by atoms with Crippen LogP contribution in [0.15, 0.2) is 18.2 Å². The van der Waals surface area contributed by atoms with Crippen molar-refractivity contribution in [3.8, 4) is 0 Å². The van der Waals surface area contributed by atoms with Gasteiger partial charge in [0.15, 0.2) is 0 Å². The minimum absolute atomic E-state index is 0.0666. The van der Waals surface area contributed by atoms with E-state index in [0.717, 1.165) is 51.7 Å². The first-order valence-electron chi connectivity index (χ1n) is 7.83. The Kier molecular flexibility index (Phi) is 4.39. The molecule has 1 aromatic carbocycles. The van der Waals surface area contributed by atoms with Crippen molar-refractivity contribution in [2.24, 2.45) is 0 Å². The Balaban J connectivity index is 1.65. The molecule has 0 radical (unpaired) electrons. The molecule has 1 amide bonds. The summed E-state index contributed by atoms with van der Waals surface area (Å²) in [4.78, 5) is 14.2. The summed E-state index contributed by atoms with van der Waals surface area (Å²) in [6, 6.07) is 4.83. The lowest BCUT2D eigenvalue weighted by Crippen LogP contribution is -2.43. The van der Waals surface area contributed by atoms with E-state index in [1.165, 1.54) is 6.07 Å². The van der Waals surface area contributed by atoms with E-state index in [4.69, 9.17) is 0 Å². The van der Waals surface area contributed by atoms with Crippen molar-refractivity contribution in [2.75, 3.05) is 29.9 Å². The zero-order valence-electron chi connectivity index (χ0n) is 12.2. The highest BCUT2D eigenvalue weighted by atomic mass is 19.1. The fraction of sp³-hybridized carbons (Fsp3) is 0.562. The molecule has 4 nitrogen and oxygen atoms in total. The molecule has 0 unspecified atom stereocenters. The molecule has 21 heavy (non-hydrogen) atoms. The number of benzene rings is 1. The smallest absolute Gasteiger partial charge is 0.241 e. The van der Waals surface area contributed by atoms with Crippen LogP contribution < -0.4 is 15.5 Å². The lowest BCUT2D eigenvalue weighted by molar-refractivity contribution is -0.118. The molecule has 1 aromatic rings. The standard InChI is InChI=1S/C16H22FN3O/c17-13-11-12(6-7-15(13)20-9-3-4-10-20)19-16(21)14-5-1-2-8-18-14/h6-7,11,14,18H,1-5,8-10H2,(H,19,21)/t14-/m1/s1. The lowest BCUT2D eigenvalue weighted by Gasteiger charge is -2.23. The SMILES string of the molecule is O=C(Nc1ccc(N2CCCC2)c(F)c1)[C@H]1CCCCN1. The second kappa shape index (κ2) is 6.43. The van der Waals surface area contributed by atoms with Crippen molar-refractivity contribution in [2.45, 2.75) is 38.1 Å². The average molecular weight is 291 g/mol. The number of nitrogens with zero attached hydrogens (tertiary/aromatic N) is 1. The topological polar surface area (TPSA) is 44.4 Å². The van der Waals surface area contributed by atoms with Crippen LogP contribution in [0.2, 0.25) is 0 Å². The van der Waals surface area contributed by atoms with Crippen LogP contribution in [0.25, 0.3) is 0 Å². The number of anilines is 2. The second-order valence-corrected chi connectivity index (χ2v) is 5.85. The van der Waals surface area contributed by atoms with Gasteiger partial charge in [0, 0.05) is 18.8 Å². The zero-order chi connectivity index (χ0) is 14.7. The number of hydrogen-bond acceptors (Lipinski definition) is 3. The van der Waals surface area contributed by atoms with E-state index in [9.17, 15) is 9.18 Å². The second-order valence-electron chi connectivity index (χ2n) is 5.85. The highest BCUT2D eigenvalue weighted by Crippen LogP contribution is 2.26. The van der Waals surface area contributed by atoms with Crippen LogP contribution in [0.1, 0.15) is 32.1 Å². The maximum Gasteiger partial charge on any atom is 0.241 e. The van der Waals surface area contributed by atoms with E-state index in [-0.39, 0.29) is 17.8 Å². The van der Waals surface area contributed by atoms with Crippen LogP contribution in [0, 0.1) is 5.82 Å². The lowest BCUT2D eigenvalue weighted by atomic mass is 10.0. The largest absolute Gasteiger partial charge is 0.369 e. The van der Waals surface area contributed by atoms with Crippen LogP contribution in [0.4, 0.5) is 15.8 Å². The summed E-state index contributed by atoms with van der Waals surface area (Å²) in [6.07, 6.45) is 5.26. The highest BCUT2D eigenvalue weighted by molar-refractivity contribution is 5.95. The van der Waals surface area contributed by atoms with E-state index < -0.39 is 0 Å². The normalized spacial score (nSPS) is 22.3. The van der Waals surface area contributed by atoms with Crippen LogP contribution in [0.3, 0.4) is 0 Å². The van der Waals surface area contributed by atoms with Crippen molar-refractivity contribution >= 4 is 17.3 Å². The van der Waals surface area contributed by atoms with Gasteiger partial charge in [0.2, 0.25) is 5.91 Å². The number of hydrogen-bond donors (Lipinski definition) is 2. The number of amides is 1. The summed E-state index contributed by atoms with van der Waals surface area (Å²) < 4.78 is 14.2. The van der Waals surface area contributed by atoms with Crippen molar-refractivity contribution in [3.05, 3.63) is 24.0 Å². The quantitative estimate of drug-likeness (QED) is 0.899. The molecule has 5 heteroatoms. The molecule has 0 bridgehead atoms. The summed E-state index contributed by atoms with van der Waals surface area (Å²) in [6.45, 7) is 2.70. The molecule has 2 N–H and O–H groups in total. The monoisotopic (exact) mass is 291 g/mol. The fourth-order valence-corrected chi connectivity index (χ4v) is 3.10. The van der Waals surface area contributed by atoms with E-state index in [0.29, 0.717) is 11.4 Å². The minimum atomic E-state index is -0.258. The van der Waals surface area contributed by atoms with Gasteiger partial charge in [-0.2, -0.15) is 0 Å². The fourth-order valence-electron chi connectivity index (χ4n) is 3.10. The molecule has 2 fully saturated rings. The molecule has 2 saturated heterocycles. The zero-order valence-corrected chi connectivity index (χ0v) is 12.2. The van der Waals surface area contributed by atoms with Crippen molar-refractivity contribution < 1.29 is 9.18 Å². The number of piperidine rings is 1. The Labute approximate surface area is 124 Å². The third-order valence-electron chi connectivity index (χ3n) is 4.29.